The van der Waals surface area contributed by atoms with Crippen molar-refractivity contribution in [2.45, 2.75) is 38.9 Å². The van der Waals surface area contributed by atoms with Gasteiger partial charge in [-0.1, -0.05) is 26.0 Å². The van der Waals surface area contributed by atoms with E-state index in [1.807, 2.05) is 19.2 Å². The van der Waals surface area contributed by atoms with E-state index in [1.165, 1.54) is 22.3 Å². The number of benzene rings is 1. The van der Waals surface area contributed by atoms with Gasteiger partial charge < -0.3 is 10.2 Å². The molecule has 1 saturated heterocycles. The number of rotatable bonds is 5. The number of anilines is 1. The van der Waals surface area contributed by atoms with Crippen molar-refractivity contribution in [3.63, 3.8) is 0 Å². The third-order valence-corrected chi connectivity index (χ3v) is 5.33. The minimum absolute atomic E-state index is 0.0349. The maximum atomic E-state index is 12.8. The highest BCUT2D eigenvalue weighted by Crippen LogP contribution is 2.30. The van der Waals surface area contributed by atoms with Crippen molar-refractivity contribution < 1.29 is 22.8 Å². The number of hydrogen-bond acceptors (Lipinski definition) is 4. The smallest absolute Gasteiger partial charge is 0.338 e. The van der Waals surface area contributed by atoms with Crippen molar-refractivity contribution in [2.75, 3.05) is 11.9 Å². The Morgan fingerprint density at radius 2 is 2.14 bits per heavy atom. The number of nitrogens with one attached hydrogen (secondary N) is 1. The van der Waals surface area contributed by atoms with Crippen LogP contribution in [0.1, 0.15) is 43.0 Å². The van der Waals surface area contributed by atoms with Crippen LogP contribution in [0.25, 0.3) is 0 Å². The Morgan fingerprint density at radius 3 is 2.79 bits per heavy atom. The maximum absolute atomic E-state index is 12.8. The summed E-state index contributed by atoms with van der Waals surface area (Å²) in [5, 5.41) is 5.09. The summed E-state index contributed by atoms with van der Waals surface area (Å²) in [6, 6.07) is 4.88. The molecule has 0 aliphatic carbocycles. The Balaban J connectivity index is 1.62. The molecule has 2 aromatic rings. The van der Waals surface area contributed by atoms with Crippen LogP contribution >= 0.6 is 11.3 Å². The summed E-state index contributed by atoms with van der Waals surface area (Å²) >= 11 is 1.32. The topological polar surface area (TPSA) is 62.3 Å². The van der Waals surface area contributed by atoms with Crippen LogP contribution in [0.4, 0.5) is 18.3 Å². The second-order valence-corrected chi connectivity index (χ2v) is 7.95. The first kappa shape index (κ1) is 20.3. The lowest BCUT2D eigenvalue weighted by molar-refractivity contribution is -0.137. The van der Waals surface area contributed by atoms with Gasteiger partial charge in [0.2, 0.25) is 11.8 Å². The number of hydrogen-bond donors (Lipinski definition) is 1. The van der Waals surface area contributed by atoms with Gasteiger partial charge in [0.1, 0.15) is 0 Å². The summed E-state index contributed by atoms with van der Waals surface area (Å²) < 4.78 is 38.5. The van der Waals surface area contributed by atoms with E-state index in [2.05, 4.69) is 10.3 Å². The molecule has 2 heterocycles. The fraction of sp³-hybridized carbons (Fsp3) is 0.421. The van der Waals surface area contributed by atoms with Crippen molar-refractivity contribution >= 4 is 28.3 Å². The number of carbonyl (C=O) groups excluding carboxylic acids is 2. The van der Waals surface area contributed by atoms with Crippen LogP contribution in [0, 0.1) is 5.92 Å². The van der Waals surface area contributed by atoms with Crippen LogP contribution < -0.4 is 5.32 Å². The van der Waals surface area contributed by atoms with Gasteiger partial charge in [-0.25, -0.2) is 4.98 Å². The molecule has 2 amide bonds. The van der Waals surface area contributed by atoms with Gasteiger partial charge in [0.05, 0.1) is 17.2 Å². The van der Waals surface area contributed by atoms with Gasteiger partial charge in [0.25, 0.3) is 0 Å². The molecule has 1 atom stereocenters. The number of nitrogens with zero attached hydrogens (tertiary/aromatic N) is 2. The standard InChI is InChI=1S/C19H20F3N3O2S/c1-11(2)15-10-28-18(23-15)24-17(27)13-7-16(26)25(9-13)8-12-4-3-5-14(6-12)19(20,21)22/h3-6,10-11,13H,7-9H2,1-2H3,(H,23,24,27). The monoisotopic (exact) mass is 411 g/mol. The molecule has 9 heteroatoms. The second-order valence-electron chi connectivity index (χ2n) is 7.09. The number of thiazole rings is 1. The van der Waals surface area contributed by atoms with Gasteiger partial charge in [-0.3, -0.25) is 9.59 Å². The first-order chi connectivity index (χ1) is 13.1. The molecular formula is C19H20F3N3O2S. The minimum Gasteiger partial charge on any atom is -0.338 e. The van der Waals surface area contributed by atoms with Crippen LogP contribution in [-0.2, 0) is 22.3 Å². The molecule has 1 aromatic heterocycles. The van der Waals surface area contributed by atoms with Gasteiger partial charge in [-0.15, -0.1) is 11.3 Å². The quantitative estimate of drug-likeness (QED) is 0.799. The average molecular weight is 411 g/mol. The highest BCUT2D eigenvalue weighted by molar-refractivity contribution is 7.13. The van der Waals surface area contributed by atoms with Crippen molar-refractivity contribution in [3.05, 3.63) is 46.5 Å². The van der Waals surface area contributed by atoms with E-state index in [0.717, 1.165) is 17.8 Å². The summed E-state index contributed by atoms with van der Waals surface area (Å²) in [5.74, 6) is -0.855. The van der Waals surface area contributed by atoms with Gasteiger partial charge in [0.15, 0.2) is 5.13 Å². The Morgan fingerprint density at radius 1 is 1.39 bits per heavy atom. The highest BCUT2D eigenvalue weighted by Gasteiger charge is 2.35. The van der Waals surface area contributed by atoms with E-state index in [9.17, 15) is 22.8 Å². The number of likely N-dealkylation sites (tertiary alicyclic amines) is 1. The van der Waals surface area contributed by atoms with Crippen molar-refractivity contribution in [1.82, 2.24) is 9.88 Å². The van der Waals surface area contributed by atoms with Crippen LogP contribution in [-0.4, -0.2) is 28.2 Å². The van der Waals surface area contributed by atoms with Gasteiger partial charge in [-0.2, -0.15) is 13.2 Å². The molecule has 1 fully saturated rings. The molecule has 0 spiro atoms. The van der Waals surface area contributed by atoms with Crippen LogP contribution in [0.2, 0.25) is 0 Å². The molecule has 1 unspecified atom stereocenters. The molecular weight excluding hydrogens is 391 g/mol. The lowest BCUT2D eigenvalue weighted by Gasteiger charge is -2.17. The molecule has 0 bridgehead atoms. The zero-order valence-electron chi connectivity index (χ0n) is 15.4. The third kappa shape index (κ3) is 4.70. The van der Waals surface area contributed by atoms with E-state index >= 15 is 0 Å². The predicted molar refractivity (Wildman–Crippen MR) is 99.8 cm³/mol. The predicted octanol–water partition coefficient (Wildman–Crippen LogP) is 4.27. The molecule has 3 rings (SSSR count). The molecule has 150 valence electrons. The van der Waals surface area contributed by atoms with Crippen molar-refractivity contribution in [2.24, 2.45) is 5.92 Å². The summed E-state index contributed by atoms with van der Waals surface area (Å²) in [4.78, 5) is 30.4. The fourth-order valence-corrected chi connectivity index (χ4v) is 3.86. The Hall–Kier alpha value is -2.42. The fourth-order valence-electron chi connectivity index (χ4n) is 2.98. The molecule has 5 nitrogen and oxygen atoms in total. The van der Waals surface area contributed by atoms with Crippen LogP contribution in [0.15, 0.2) is 29.6 Å². The summed E-state index contributed by atoms with van der Waals surface area (Å²) in [5.41, 5.74) is 0.510. The minimum atomic E-state index is -4.43. The van der Waals surface area contributed by atoms with E-state index < -0.39 is 17.7 Å². The largest absolute Gasteiger partial charge is 0.416 e. The maximum Gasteiger partial charge on any atom is 0.416 e. The number of aromatic nitrogens is 1. The summed E-state index contributed by atoms with van der Waals surface area (Å²) in [6.07, 6.45) is -4.40. The zero-order valence-corrected chi connectivity index (χ0v) is 16.2. The van der Waals surface area contributed by atoms with E-state index in [1.54, 1.807) is 6.07 Å². The SMILES string of the molecule is CC(C)c1csc(NC(=O)C2CC(=O)N(Cc3cccc(C(F)(F)F)c3)C2)n1. The first-order valence-corrected chi connectivity index (χ1v) is 9.71. The van der Waals surface area contributed by atoms with Gasteiger partial charge in [0, 0.05) is 24.9 Å². The van der Waals surface area contributed by atoms with E-state index in [-0.39, 0.29) is 37.2 Å². The molecule has 28 heavy (non-hydrogen) atoms. The number of amides is 2. The third-order valence-electron chi connectivity index (χ3n) is 4.56. The number of halogens is 3. The summed E-state index contributed by atoms with van der Waals surface area (Å²) in [6.45, 7) is 4.22. The Kier molecular flexibility index (Phi) is 5.74. The highest BCUT2D eigenvalue weighted by atomic mass is 32.1. The molecule has 1 aliphatic heterocycles. The van der Waals surface area contributed by atoms with Crippen molar-refractivity contribution in [1.29, 1.82) is 0 Å². The normalized spacial score (nSPS) is 17.4. The number of alkyl halides is 3. The molecule has 1 aliphatic rings. The van der Waals surface area contributed by atoms with Gasteiger partial charge >= 0.3 is 6.18 Å². The van der Waals surface area contributed by atoms with Crippen molar-refractivity contribution in [3.8, 4) is 0 Å². The molecule has 1 aromatic carbocycles. The lowest BCUT2D eigenvalue weighted by Crippen LogP contribution is -2.28. The second kappa shape index (κ2) is 7.90. The zero-order chi connectivity index (χ0) is 20.5. The Bertz CT molecular complexity index is 879. The molecule has 0 radical (unpaired) electrons. The summed E-state index contributed by atoms with van der Waals surface area (Å²) in [7, 11) is 0. The molecule has 0 saturated carbocycles. The van der Waals surface area contributed by atoms with E-state index in [4.69, 9.17) is 0 Å². The van der Waals surface area contributed by atoms with Gasteiger partial charge in [-0.05, 0) is 23.6 Å². The Labute approximate surface area is 164 Å². The first-order valence-electron chi connectivity index (χ1n) is 8.83. The average Bonchev–Trinajstić information content (AvgIpc) is 3.22. The molecule has 1 N–H and O–H groups in total. The van der Waals surface area contributed by atoms with E-state index in [0.29, 0.717) is 10.7 Å². The number of carbonyl (C=O) groups is 2. The lowest BCUT2D eigenvalue weighted by atomic mass is 10.1. The van der Waals surface area contributed by atoms with Crippen LogP contribution in [0.5, 0.6) is 0 Å². The van der Waals surface area contributed by atoms with Crippen LogP contribution in [0.3, 0.4) is 0 Å².